The highest BCUT2D eigenvalue weighted by Gasteiger charge is 2.00. The molecule has 0 aromatic rings. The molecule has 0 aliphatic heterocycles. The first-order valence-corrected chi connectivity index (χ1v) is 8.58. The molecule has 0 rings (SSSR count). The van der Waals surface area contributed by atoms with Crippen LogP contribution >= 0.6 is 0 Å². The third kappa shape index (κ3) is 16.7. The minimum Gasteiger partial charge on any atom is -0.356 e. The van der Waals surface area contributed by atoms with Crippen molar-refractivity contribution in [3.63, 3.8) is 0 Å². The van der Waals surface area contributed by atoms with Crippen LogP contribution in [0.25, 0.3) is 10.4 Å². The molecule has 0 aromatic heterocycles. The summed E-state index contributed by atoms with van der Waals surface area (Å²) in [7, 11) is 0. The van der Waals surface area contributed by atoms with Gasteiger partial charge in [-0.3, -0.25) is 4.79 Å². The van der Waals surface area contributed by atoms with Gasteiger partial charge in [-0.15, -0.1) is 0 Å². The van der Waals surface area contributed by atoms with Crippen LogP contribution in [0, 0.1) is 0 Å². The van der Waals surface area contributed by atoms with Crippen molar-refractivity contribution in [1.29, 1.82) is 0 Å². The Balaban J connectivity index is 3.17. The molecule has 0 aliphatic rings. The first kappa shape index (κ1) is 19.8. The van der Waals surface area contributed by atoms with E-state index in [4.69, 9.17) is 5.53 Å². The van der Waals surface area contributed by atoms with Crippen LogP contribution in [0.4, 0.5) is 0 Å². The first-order valence-electron chi connectivity index (χ1n) is 8.58. The number of azide groups is 1. The number of nitrogens with zero attached hydrogens (tertiary/aromatic N) is 3. The Bertz CT molecular complexity index is 288. The maximum Gasteiger partial charge on any atom is 0.219 e. The van der Waals surface area contributed by atoms with E-state index < -0.39 is 0 Å². The number of nitrogens with one attached hydrogen (secondary N) is 1. The Morgan fingerprint density at radius 2 is 1.57 bits per heavy atom. The highest BCUT2D eigenvalue weighted by Crippen LogP contribution is 2.10. The second-order valence-corrected chi connectivity index (χ2v) is 5.59. The summed E-state index contributed by atoms with van der Waals surface area (Å²) in [4.78, 5) is 14.2. The maximum atomic E-state index is 11.5. The molecule has 0 unspecified atom stereocenters. The number of amides is 1. The molecule has 0 radical (unpaired) electrons. The lowest BCUT2D eigenvalue weighted by Gasteiger charge is -2.05. The van der Waals surface area contributed by atoms with Gasteiger partial charge in [0.2, 0.25) is 5.91 Å². The van der Waals surface area contributed by atoms with Gasteiger partial charge in [-0.25, -0.2) is 0 Å². The Labute approximate surface area is 129 Å². The average Bonchev–Trinajstić information content (AvgIpc) is 2.49. The topological polar surface area (TPSA) is 77.9 Å². The van der Waals surface area contributed by atoms with Crippen molar-refractivity contribution >= 4 is 5.91 Å². The number of hydrogen-bond donors (Lipinski definition) is 1. The fraction of sp³-hybridized carbons (Fsp3) is 0.938. The molecule has 0 saturated heterocycles. The largest absolute Gasteiger partial charge is 0.356 e. The predicted octanol–water partition coefficient (Wildman–Crippen LogP) is 5.11. The number of unbranched alkanes of at least 4 members (excludes halogenated alkanes) is 9. The molecular formula is C16H32N4O. The van der Waals surface area contributed by atoms with Gasteiger partial charge in [0.15, 0.2) is 0 Å². The van der Waals surface area contributed by atoms with Crippen LogP contribution < -0.4 is 5.32 Å². The molecule has 0 aromatic carbocycles. The second kappa shape index (κ2) is 16.8. The summed E-state index contributed by atoms with van der Waals surface area (Å²) in [6, 6.07) is 0. The van der Waals surface area contributed by atoms with E-state index in [0.717, 1.165) is 25.7 Å². The molecular weight excluding hydrogens is 264 g/mol. The van der Waals surface area contributed by atoms with Crippen molar-refractivity contribution in [2.45, 2.75) is 84.0 Å². The van der Waals surface area contributed by atoms with Crippen molar-refractivity contribution in [3.05, 3.63) is 10.4 Å². The van der Waals surface area contributed by atoms with Crippen molar-refractivity contribution in [2.75, 3.05) is 13.1 Å². The molecule has 0 heterocycles. The van der Waals surface area contributed by atoms with Crippen LogP contribution in [0.1, 0.15) is 84.0 Å². The summed E-state index contributed by atoms with van der Waals surface area (Å²) in [5, 5.41) is 6.37. The Morgan fingerprint density at radius 3 is 2.19 bits per heavy atom. The standard InChI is InChI=1S/C16H32N4O/c1-2-3-4-5-6-7-8-9-10-13-16(21)18-14-11-12-15-19-20-17/h2-15H2,1H3,(H,18,21). The van der Waals surface area contributed by atoms with Crippen molar-refractivity contribution < 1.29 is 4.79 Å². The Morgan fingerprint density at radius 1 is 0.952 bits per heavy atom. The van der Waals surface area contributed by atoms with Gasteiger partial charge in [0.25, 0.3) is 0 Å². The van der Waals surface area contributed by atoms with Gasteiger partial charge in [0, 0.05) is 24.4 Å². The zero-order valence-electron chi connectivity index (χ0n) is 13.6. The average molecular weight is 296 g/mol. The molecule has 21 heavy (non-hydrogen) atoms. The van der Waals surface area contributed by atoms with Crippen molar-refractivity contribution in [3.8, 4) is 0 Å². The second-order valence-electron chi connectivity index (χ2n) is 5.59. The molecule has 0 atom stereocenters. The molecule has 122 valence electrons. The fourth-order valence-corrected chi connectivity index (χ4v) is 2.26. The number of carbonyl (C=O) groups excluding carboxylic acids is 1. The van der Waals surface area contributed by atoms with Crippen molar-refractivity contribution in [1.82, 2.24) is 5.32 Å². The summed E-state index contributed by atoms with van der Waals surface area (Å²) in [6.45, 7) is 3.45. The lowest BCUT2D eigenvalue weighted by Crippen LogP contribution is -2.24. The van der Waals surface area contributed by atoms with E-state index in [9.17, 15) is 4.79 Å². The summed E-state index contributed by atoms with van der Waals surface area (Å²) in [5.74, 6) is 0.154. The molecule has 0 aliphatic carbocycles. The lowest BCUT2D eigenvalue weighted by atomic mass is 10.1. The molecule has 5 heteroatoms. The SMILES string of the molecule is CCCCCCCCCCCC(=O)NCCCCN=[N+]=[N-]. The summed E-state index contributed by atoms with van der Waals surface area (Å²) >= 11 is 0. The Kier molecular flexibility index (Phi) is 15.9. The van der Waals surface area contributed by atoms with E-state index >= 15 is 0 Å². The van der Waals surface area contributed by atoms with E-state index in [1.165, 1.54) is 44.9 Å². The van der Waals surface area contributed by atoms with E-state index in [0.29, 0.717) is 19.5 Å². The smallest absolute Gasteiger partial charge is 0.219 e. The lowest BCUT2D eigenvalue weighted by molar-refractivity contribution is -0.121. The summed E-state index contributed by atoms with van der Waals surface area (Å²) in [6.07, 6.45) is 13.8. The summed E-state index contributed by atoms with van der Waals surface area (Å²) in [5.41, 5.74) is 8.11. The number of carbonyl (C=O) groups is 1. The molecule has 1 amide bonds. The van der Waals surface area contributed by atoms with Crippen LogP contribution in [0.3, 0.4) is 0 Å². The third-order valence-electron chi connectivity index (χ3n) is 3.58. The molecule has 0 saturated carbocycles. The zero-order valence-corrected chi connectivity index (χ0v) is 13.6. The van der Waals surface area contributed by atoms with Gasteiger partial charge in [-0.05, 0) is 24.8 Å². The highest BCUT2D eigenvalue weighted by molar-refractivity contribution is 5.75. The van der Waals surface area contributed by atoms with E-state index in [1.54, 1.807) is 0 Å². The zero-order chi connectivity index (χ0) is 15.6. The van der Waals surface area contributed by atoms with E-state index in [2.05, 4.69) is 22.3 Å². The van der Waals surface area contributed by atoms with Gasteiger partial charge < -0.3 is 5.32 Å². The highest BCUT2D eigenvalue weighted by atomic mass is 16.1. The van der Waals surface area contributed by atoms with Gasteiger partial charge in [0.1, 0.15) is 0 Å². The van der Waals surface area contributed by atoms with Gasteiger partial charge in [-0.1, -0.05) is 63.4 Å². The molecule has 0 spiro atoms. The van der Waals surface area contributed by atoms with E-state index in [-0.39, 0.29) is 5.91 Å². The molecule has 5 nitrogen and oxygen atoms in total. The van der Waals surface area contributed by atoms with Crippen LogP contribution in [-0.4, -0.2) is 19.0 Å². The number of hydrogen-bond acceptors (Lipinski definition) is 2. The first-order chi connectivity index (χ1) is 10.3. The number of rotatable bonds is 15. The Hall–Kier alpha value is -1.22. The maximum absolute atomic E-state index is 11.5. The van der Waals surface area contributed by atoms with Crippen molar-refractivity contribution in [2.24, 2.45) is 5.11 Å². The minimum absolute atomic E-state index is 0.154. The van der Waals surface area contributed by atoms with Gasteiger partial charge in [0.05, 0.1) is 0 Å². The van der Waals surface area contributed by atoms with Gasteiger partial charge >= 0.3 is 0 Å². The fourth-order valence-electron chi connectivity index (χ4n) is 2.26. The third-order valence-corrected chi connectivity index (χ3v) is 3.58. The van der Waals surface area contributed by atoms with Crippen LogP contribution in [-0.2, 0) is 4.79 Å². The van der Waals surface area contributed by atoms with Gasteiger partial charge in [-0.2, -0.15) is 0 Å². The molecule has 0 fully saturated rings. The van der Waals surface area contributed by atoms with E-state index in [1.807, 2.05) is 0 Å². The quantitative estimate of drug-likeness (QED) is 0.194. The normalized spacial score (nSPS) is 10.1. The van der Waals surface area contributed by atoms with Crippen LogP contribution in [0.2, 0.25) is 0 Å². The minimum atomic E-state index is 0.154. The summed E-state index contributed by atoms with van der Waals surface area (Å²) < 4.78 is 0. The van der Waals surface area contributed by atoms with Crippen LogP contribution in [0.15, 0.2) is 5.11 Å². The predicted molar refractivity (Wildman–Crippen MR) is 88.1 cm³/mol. The van der Waals surface area contributed by atoms with Crippen LogP contribution in [0.5, 0.6) is 0 Å². The monoisotopic (exact) mass is 296 g/mol. The molecule has 0 bridgehead atoms. The molecule has 1 N–H and O–H groups in total.